The predicted molar refractivity (Wildman–Crippen MR) is 87.0 cm³/mol. The molecule has 0 radical (unpaired) electrons. The van der Waals surface area contributed by atoms with Crippen LogP contribution in [0.2, 0.25) is 0 Å². The second-order valence-electron chi connectivity index (χ2n) is 6.44. The molecule has 0 spiro atoms. The molecule has 0 saturated carbocycles. The molecule has 1 atom stereocenters. The third kappa shape index (κ3) is 5.05. The molecule has 23 heteroatoms. The number of hydrogen-bond donors (Lipinski definition) is 0. The van der Waals surface area contributed by atoms with Crippen LogP contribution >= 0.6 is 45.2 Å². The Kier molecular flexibility index (Phi) is 9.03. The Hall–Kier alpha value is -0.0100. The molecule has 0 aromatic heterocycles. The van der Waals surface area contributed by atoms with E-state index in [0.29, 0.717) is 0 Å². The second kappa shape index (κ2) is 9.03. The summed E-state index contributed by atoms with van der Waals surface area (Å²) in [6.07, 6.45) is -11.6. The van der Waals surface area contributed by atoms with Crippen molar-refractivity contribution in [1.82, 2.24) is 0 Å². The van der Waals surface area contributed by atoms with Crippen molar-refractivity contribution in [3.05, 3.63) is 0 Å². The third-order valence-corrected chi connectivity index (χ3v) is 5.90. The summed E-state index contributed by atoms with van der Waals surface area (Å²) in [5.41, 5.74) is 0. The first-order valence-corrected chi connectivity index (χ1v) is 9.75. The number of halogens is 23. The van der Waals surface area contributed by atoms with Crippen molar-refractivity contribution in [2.24, 2.45) is 0 Å². The number of rotatable bonds is 10. The molecular formula is C12H3F21I2. The molecule has 1 unspecified atom stereocenters. The first-order chi connectivity index (χ1) is 14.6. The third-order valence-electron chi connectivity index (χ3n) is 4.00. The van der Waals surface area contributed by atoms with Crippen LogP contribution in [0.15, 0.2) is 0 Å². The zero-order valence-electron chi connectivity index (χ0n) is 15.0. The summed E-state index contributed by atoms with van der Waals surface area (Å²) in [4.78, 5) is 0. The Morgan fingerprint density at radius 3 is 1.03 bits per heavy atom. The summed E-state index contributed by atoms with van der Waals surface area (Å²) < 4.78 is 263. The molecule has 35 heavy (non-hydrogen) atoms. The molecule has 0 N–H and O–H groups in total. The Balaban J connectivity index is 6.52. The van der Waals surface area contributed by atoms with Gasteiger partial charge in [0.25, 0.3) is 0 Å². The van der Waals surface area contributed by atoms with Crippen molar-refractivity contribution in [2.45, 2.75) is 67.8 Å². The Morgan fingerprint density at radius 2 is 0.743 bits per heavy atom. The maximum Gasteiger partial charge on any atom is 0.460 e. The predicted octanol–water partition coefficient (Wildman–Crippen LogP) is 8.85. The molecule has 0 aromatic rings. The summed E-state index contributed by atoms with van der Waals surface area (Å²) >= 11 is -1.61. The number of hydrogen-bond acceptors (Lipinski definition) is 0. The molecule has 0 amide bonds. The van der Waals surface area contributed by atoms with E-state index in [1.807, 2.05) is 0 Å². The van der Waals surface area contributed by atoms with Gasteiger partial charge >= 0.3 is 57.5 Å². The molecule has 0 bridgehead atoms. The highest BCUT2D eigenvalue weighted by molar-refractivity contribution is 14.1. The molecule has 0 aliphatic carbocycles. The normalized spacial score (nSPS) is 17.6. The molecule has 0 aromatic carbocycles. The fourth-order valence-electron chi connectivity index (χ4n) is 1.87. The monoisotopic (exact) mass is 800 g/mol. The van der Waals surface area contributed by atoms with Gasteiger partial charge in [0.05, 0.1) is 3.92 Å². The van der Waals surface area contributed by atoms with Gasteiger partial charge in [-0.3, -0.25) is 0 Å². The largest absolute Gasteiger partial charge is 0.460 e. The van der Waals surface area contributed by atoms with E-state index in [9.17, 15) is 92.2 Å². The van der Waals surface area contributed by atoms with Crippen molar-refractivity contribution < 1.29 is 92.2 Å². The lowest BCUT2D eigenvalue weighted by Gasteiger charge is -2.41. The molecule has 0 rings (SSSR count). The topological polar surface area (TPSA) is 0 Å². The summed E-state index contributed by atoms with van der Waals surface area (Å²) in [5.74, 6) is -62.0. The first kappa shape index (κ1) is 35.0. The first-order valence-electron chi connectivity index (χ1n) is 7.43. The molecule has 0 saturated heterocycles. The average molecular weight is 800 g/mol. The smallest absolute Gasteiger partial charge is 0.200 e. The van der Waals surface area contributed by atoms with Gasteiger partial charge in [0, 0.05) is 29.0 Å². The van der Waals surface area contributed by atoms with Crippen molar-refractivity contribution in [1.29, 1.82) is 0 Å². The summed E-state index contributed by atoms with van der Waals surface area (Å²) in [6.45, 7) is 0. The van der Waals surface area contributed by atoms with Crippen LogP contribution in [0.5, 0.6) is 0 Å². The molecule has 212 valence electrons. The van der Waals surface area contributed by atoms with Gasteiger partial charge < -0.3 is 0 Å². The SMILES string of the molecule is FC(F)(F)C(F)(F)C(F)(F)C(F)(F)C(I)CC(F)(F)C(F)(F)C(F)(F)C(F)(F)C(F)(F)C(F)(F)I. The van der Waals surface area contributed by atoms with Gasteiger partial charge in [-0.2, -0.15) is 92.2 Å². The van der Waals surface area contributed by atoms with E-state index in [1.165, 1.54) is 0 Å². The quantitative estimate of drug-likeness (QED) is 0.118. The van der Waals surface area contributed by atoms with Gasteiger partial charge in [0.1, 0.15) is 0 Å². The van der Waals surface area contributed by atoms with Crippen LogP contribution in [-0.2, 0) is 0 Å². The minimum Gasteiger partial charge on any atom is -0.200 e. The van der Waals surface area contributed by atoms with Crippen LogP contribution < -0.4 is 0 Å². The maximum atomic E-state index is 13.6. The van der Waals surface area contributed by atoms with Gasteiger partial charge in [-0.25, -0.2) is 0 Å². The van der Waals surface area contributed by atoms with E-state index in [4.69, 9.17) is 0 Å². The van der Waals surface area contributed by atoms with Crippen molar-refractivity contribution >= 4 is 45.2 Å². The van der Waals surface area contributed by atoms with Crippen LogP contribution in [0.3, 0.4) is 0 Å². The molecule has 0 heterocycles. The van der Waals surface area contributed by atoms with Crippen LogP contribution in [0.25, 0.3) is 0 Å². The molecule has 0 aliphatic rings. The minimum atomic E-state index is -8.29. The highest BCUT2D eigenvalue weighted by Crippen LogP contribution is 2.63. The van der Waals surface area contributed by atoms with Crippen molar-refractivity contribution in [2.75, 3.05) is 0 Å². The zero-order chi connectivity index (χ0) is 29.3. The van der Waals surface area contributed by atoms with Gasteiger partial charge in [0.2, 0.25) is 0 Å². The van der Waals surface area contributed by atoms with E-state index < -0.39 is 113 Å². The fraction of sp³-hybridized carbons (Fsp3) is 1.00. The van der Waals surface area contributed by atoms with Crippen LogP contribution in [0.1, 0.15) is 6.42 Å². The minimum absolute atomic E-state index is 0.625. The fourth-order valence-corrected chi connectivity index (χ4v) is 3.15. The Bertz CT molecular complexity index is 759. The van der Waals surface area contributed by atoms with Crippen molar-refractivity contribution in [3.8, 4) is 0 Å². The molecule has 0 fully saturated rings. The summed E-state index contributed by atoms with van der Waals surface area (Å²) in [6, 6.07) is 0. The van der Waals surface area contributed by atoms with Gasteiger partial charge in [-0.05, 0) is 0 Å². The lowest BCUT2D eigenvalue weighted by molar-refractivity contribution is -0.417. The van der Waals surface area contributed by atoms with Crippen LogP contribution in [-0.4, -0.2) is 61.4 Å². The summed E-state index contributed by atoms with van der Waals surface area (Å²) in [5, 5.41) is 0. The molecule has 0 nitrogen and oxygen atoms in total. The molecule has 0 aliphatic heterocycles. The van der Waals surface area contributed by atoms with E-state index in [2.05, 4.69) is 0 Å². The molecular weight excluding hydrogens is 797 g/mol. The Morgan fingerprint density at radius 1 is 0.429 bits per heavy atom. The second-order valence-corrected chi connectivity index (χ2v) is 9.30. The van der Waals surface area contributed by atoms with E-state index in [0.717, 1.165) is 0 Å². The van der Waals surface area contributed by atoms with Gasteiger partial charge in [-0.15, -0.1) is 0 Å². The lowest BCUT2D eigenvalue weighted by atomic mass is 9.90. The standard InChI is InChI=1S/C12H3F21I2/c13-3(14,1-2(34)4(15,16)6(19,20)9(25,26)11(29,30)31)5(17,18)7(21,22)8(23,24)10(27,28)12(32,33)35/h2H,1H2. The lowest BCUT2D eigenvalue weighted by Crippen LogP contribution is -2.70. The van der Waals surface area contributed by atoms with E-state index >= 15 is 0 Å². The maximum absolute atomic E-state index is 13.6. The highest BCUT2D eigenvalue weighted by Gasteiger charge is 2.90. The van der Waals surface area contributed by atoms with E-state index in [1.54, 1.807) is 0 Å². The van der Waals surface area contributed by atoms with Gasteiger partial charge in [-0.1, -0.05) is 22.6 Å². The highest BCUT2D eigenvalue weighted by atomic mass is 127. The van der Waals surface area contributed by atoms with E-state index in [-0.39, 0.29) is 0 Å². The zero-order valence-corrected chi connectivity index (χ0v) is 19.3. The van der Waals surface area contributed by atoms with Crippen molar-refractivity contribution in [3.63, 3.8) is 0 Å². The van der Waals surface area contributed by atoms with Gasteiger partial charge in [0.15, 0.2) is 0 Å². The Labute approximate surface area is 205 Å². The number of alkyl halides is 23. The summed E-state index contributed by atoms with van der Waals surface area (Å²) in [7, 11) is 0. The average Bonchev–Trinajstić information content (AvgIpc) is 2.58. The van der Waals surface area contributed by atoms with Crippen LogP contribution in [0.4, 0.5) is 92.2 Å². The van der Waals surface area contributed by atoms with Crippen LogP contribution in [0, 0.1) is 0 Å².